The van der Waals surface area contributed by atoms with Crippen molar-refractivity contribution < 1.29 is 9.47 Å². The fourth-order valence-electron chi connectivity index (χ4n) is 3.71. The summed E-state index contributed by atoms with van der Waals surface area (Å²) in [6.07, 6.45) is 7.82. The molecule has 0 aliphatic rings. The Balaban J connectivity index is 3.96. The average molecular weight is 420 g/mol. The molecule has 0 radical (unpaired) electrons. The van der Waals surface area contributed by atoms with Gasteiger partial charge in [0.25, 0.3) is 0 Å². The van der Waals surface area contributed by atoms with E-state index >= 15 is 0 Å². The van der Waals surface area contributed by atoms with E-state index in [2.05, 4.69) is 45.1 Å². The molecular formula is C28H37NO2. The van der Waals surface area contributed by atoms with Gasteiger partial charge in [0.05, 0.1) is 13.7 Å². The smallest absolute Gasteiger partial charge is 0.123 e. The maximum Gasteiger partial charge on any atom is 0.123 e. The van der Waals surface area contributed by atoms with Crippen molar-refractivity contribution in [1.82, 2.24) is 0 Å². The molecule has 0 fully saturated rings. The van der Waals surface area contributed by atoms with Gasteiger partial charge in [-0.15, -0.1) is 12.3 Å². The molecule has 1 aromatic carbocycles. The highest BCUT2D eigenvalue weighted by molar-refractivity contribution is 5.59. The Morgan fingerprint density at radius 3 is 2.32 bits per heavy atom. The Hall–Kier alpha value is -3.12. The Morgan fingerprint density at radius 1 is 1.19 bits per heavy atom. The Labute approximate surface area is 189 Å². The number of methoxy groups -OCH3 is 1. The van der Waals surface area contributed by atoms with Crippen LogP contribution < -0.4 is 10.5 Å². The van der Waals surface area contributed by atoms with Gasteiger partial charge in [-0.2, -0.15) is 0 Å². The number of benzene rings is 1. The fourth-order valence-corrected chi connectivity index (χ4v) is 3.71. The Morgan fingerprint density at radius 2 is 1.84 bits per heavy atom. The summed E-state index contributed by atoms with van der Waals surface area (Å²) in [7, 11) is 1.69. The molecular weight excluding hydrogens is 382 g/mol. The van der Waals surface area contributed by atoms with Crippen molar-refractivity contribution in [3.05, 3.63) is 87.9 Å². The summed E-state index contributed by atoms with van der Waals surface area (Å²) in [5.74, 6) is 3.78. The molecule has 0 spiro atoms. The van der Waals surface area contributed by atoms with Crippen LogP contribution in [0.3, 0.4) is 0 Å². The summed E-state index contributed by atoms with van der Waals surface area (Å²) in [6, 6.07) is 6.22. The van der Waals surface area contributed by atoms with Gasteiger partial charge in [0.2, 0.25) is 0 Å². The van der Waals surface area contributed by atoms with Crippen molar-refractivity contribution in [2.24, 2.45) is 5.73 Å². The number of hydrogen-bond donors (Lipinski definition) is 1. The molecule has 1 rings (SSSR count). The molecule has 0 heterocycles. The van der Waals surface area contributed by atoms with Crippen LogP contribution in [-0.2, 0) is 4.74 Å². The van der Waals surface area contributed by atoms with E-state index in [1.807, 2.05) is 39.8 Å². The third kappa shape index (κ3) is 6.43. The first-order valence-corrected chi connectivity index (χ1v) is 10.5. The first-order chi connectivity index (χ1) is 14.6. The van der Waals surface area contributed by atoms with Gasteiger partial charge in [0, 0.05) is 29.2 Å². The van der Waals surface area contributed by atoms with E-state index in [9.17, 15) is 0 Å². The molecule has 0 bridgehead atoms. The van der Waals surface area contributed by atoms with Gasteiger partial charge in [0.1, 0.15) is 11.5 Å². The van der Waals surface area contributed by atoms with E-state index < -0.39 is 0 Å². The molecule has 3 nitrogen and oxygen atoms in total. The predicted octanol–water partition coefficient (Wildman–Crippen LogP) is 6.73. The van der Waals surface area contributed by atoms with Crippen LogP contribution in [0.5, 0.6) is 5.75 Å². The van der Waals surface area contributed by atoms with Crippen molar-refractivity contribution >= 4 is 0 Å². The molecule has 1 atom stereocenters. The summed E-state index contributed by atoms with van der Waals surface area (Å²) >= 11 is 0. The summed E-state index contributed by atoms with van der Waals surface area (Å²) < 4.78 is 11.8. The van der Waals surface area contributed by atoms with Gasteiger partial charge in [-0.1, -0.05) is 42.5 Å². The lowest BCUT2D eigenvalue weighted by Crippen LogP contribution is -2.16. The lowest BCUT2D eigenvalue weighted by Gasteiger charge is -2.30. The first-order valence-electron chi connectivity index (χ1n) is 10.5. The van der Waals surface area contributed by atoms with E-state index in [-0.39, 0.29) is 5.92 Å². The van der Waals surface area contributed by atoms with Gasteiger partial charge in [0.15, 0.2) is 0 Å². The molecule has 2 N–H and O–H groups in total. The van der Waals surface area contributed by atoms with Crippen molar-refractivity contribution in [2.75, 3.05) is 13.7 Å². The zero-order valence-corrected chi connectivity index (χ0v) is 20.2. The molecule has 0 amide bonds. The fraction of sp³-hybridized carbons (Fsp3) is 0.357. The van der Waals surface area contributed by atoms with Crippen molar-refractivity contribution in [1.29, 1.82) is 0 Å². The zero-order valence-electron chi connectivity index (χ0n) is 20.2. The van der Waals surface area contributed by atoms with E-state index in [0.29, 0.717) is 24.5 Å². The average Bonchev–Trinajstić information content (AvgIpc) is 2.72. The first kappa shape index (κ1) is 25.9. The summed E-state index contributed by atoms with van der Waals surface area (Å²) in [4.78, 5) is 0. The number of allylic oxidation sites excluding steroid dienone is 6. The lowest BCUT2D eigenvalue weighted by atomic mass is 9.76. The normalized spacial score (nSPS) is 12.9. The molecule has 31 heavy (non-hydrogen) atoms. The molecule has 1 aromatic rings. The number of hydrogen-bond acceptors (Lipinski definition) is 3. The van der Waals surface area contributed by atoms with Crippen LogP contribution in [0.1, 0.15) is 58.1 Å². The minimum atomic E-state index is -0.213. The second-order valence-corrected chi connectivity index (χ2v) is 7.88. The van der Waals surface area contributed by atoms with Crippen molar-refractivity contribution in [3.8, 4) is 18.1 Å². The maximum absolute atomic E-state index is 6.36. The third-order valence-corrected chi connectivity index (χ3v) is 5.25. The number of rotatable bonds is 10. The standard InChI is InChI=1S/C28H37NO2/c1-11-13-16-31-22(9)27(19(5)6)28(23-15-14-20(7)17-25(23)30-10)26(18(3)4)21(8)24(29)12-2/h1,12,14-15,17,28H,3,9,13,16,29H2,2,4-8,10H3/b24-12+,26-21+. The van der Waals surface area contributed by atoms with Crippen LogP contribution in [-0.4, -0.2) is 13.7 Å². The van der Waals surface area contributed by atoms with Crippen molar-refractivity contribution in [3.63, 3.8) is 0 Å². The van der Waals surface area contributed by atoms with Crippen LogP contribution >= 0.6 is 0 Å². The predicted molar refractivity (Wildman–Crippen MR) is 133 cm³/mol. The van der Waals surface area contributed by atoms with E-state index in [0.717, 1.165) is 44.7 Å². The second-order valence-electron chi connectivity index (χ2n) is 7.88. The number of ether oxygens (including phenoxy) is 2. The Kier molecular flexibility index (Phi) is 9.96. The molecule has 0 aromatic heterocycles. The molecule has 3 heteroatoms. The molecule has 0 aliphatic heterocycles. The molecule has 1 unspecified atom stereocenters. The quantitative estimate of drug-likeness (QED) is 0.198. The molecule has 0 aliphatic carbocycles. The summed E-state index contributed by atoms with van der Waals surface area (Å²) in [5.41, 5.74) is 14.2. The monoisotopic (exact) mass is 419 g/mol. The highest BCUT2D eigenvalue weighted by Crippen LogP contribution is 2.45. The molecule has 166 valence electrons. The van der Waals surface area contributed by atoms with Crippen LogP contribution in [0.4, 0.5) is 0 Å². The minimum Gasteiger partial charge on any atom is -0.496 e. The van der Waals surface area contributed by atoms with Gasteiger partial charge in [-0.25, -0.2) is 0 Å². The topological polar surface area (TPSA) is 44.5 Å². The number of nitrogens with two attached hydrogens (primary N) is 1. The number of terminal acetylenes is 1. The second kappa shape index (κ2) is 11.9. The summed E-state index contributed by atoms with van der Waals surface area (Å²) in [6.45, 7) is 21.1. The SMILES string of the molecule is C#CCCOC(=C)C(=C(C)C)C(/C(C(=C)C)=C(C)/C(N)=C\C)c1ccc(C)cc1OC. The van der Waals surface area contributed by atoms with Gasteiger partial charge < -0.3 is 15.2 Å². The lowest BCUT2D eigenvalue weighted by molar-refractivity contribution is 0.226. The zero-order chi connectivity index (χ0) is 23.7. The Bertz CT molecular complexity index is 963. The maximum atomic E-state index is 6.36. The molecule has 0 saturated carbocycles. The largest absolute Gasteiger partial charge is 0.496 e. The minimum absolute atomic E-state index is 0.213. The highest BCUT2D eigenvalue weighted by Gasteiger charge is 2.30. The number of aryl methyl sites for hydroxylation is 1. The van der Waals surface area contributed by atoms with E-state index in [1.165, 1.54) is 0 Å². The van der Waals surface area contributed by atoms with Crippen LogP contribution in [0.15, 0.2) is 76.8 Å². The third-order valence-electron chi connectivity index (χ3n) is 5.25. The van der Waals surface area contributed by atoms with Gasteiger partial charge >= 0.3 is 0 Å². The molecule has 0 saturated heterocycles. The van der Waals surface area contributed by atoms with E-state index in [4.69, 9.17) is 21.6 Å². The van der Waals surface area contributed by atoms with Crippen LogP contribution in [0, 0.1) is 19.3 Å². The van der Waals surface area contributed by atoms with Crippen molar-refractivity contribution in [2.45, 2.75) is 53.9 Å². The summed E-state index contributed by atoms with van der Waals surface area (Å²) in [5, 5.41) is 0. The van der Waals surface area contributed by atoms with Gasteiger partial charge in [-0.05, 0) is 64.3 Å². The van der Waals surface area contributed by atoms with E-state index in [1.54, 1.807) is 7.11 Å². The highest BCUT2D eigenvalue weighted by atomic mass is 16.5. The van der Waals surface area contributed by atoms with Crippen LogP contribution in [0.25, 0.3) is 0 Å². The van der Waals surface area contributed by atoms with Crippen LogP contribution in [0.2, 0.25) is 0 Å². The van der Waals surface area contributed by atoms with Gasteiger partial charge in [-0.3, -0.25) is 0 Å².